The van der Waals surface area contributed by atoms with Gasteiger partial charge in [0.05, 0.1) is 17.0 Å². The van der Waals surface area contributed by atoms with Crippen molar-refractivity contribution in [1.82, 2.24) is 15.1 Å². The first-order valence-corrected chi connectivity index (χ1v) is 6.45. The Hall–Kier alpha value is -0.870. The normalized spacial score (nSPS) is 14.9. The third kappa shape index (κ3) is 4.48. The van der Waals surface area contributed by atoms with Gasteiger partial charge in [-0.15, -0.1) is 0 Å². The van der Waals surface area contributed by atoms with Crippen molar-refractivity contribution in [1.29, 1.82) is 0 Å². The molecular weight excluding hydrogens is 214 g/mol. The Morgan fingerprint density at radius 1 is 1.47 bits per heavy atom. The zero-order valence-electron chi connectivity index (χ0n) is 11.5. The molecule has 1 aromatic rings. The van der Waals surface area contributed by atoms with Crippen molar-refractivity contribution in [2.75, 3.05) is 6.54 Å². The summed E-state index contributed by atoms with van der Waals surface area (Å²) in [5, 5.41) is 17.7. The first-order valence-electron chi connectivity index (χ1n) is 6.45. The number of aliphatic hydroxyl groups is 1. The molecule has 0 aliphatic rings. The zero-order valence-corrected chi connectivity index (χ0v) is 11.5. The fourth-order valence-electron chi connectivity index (χ4n) is 2.10. The van der Waals surface area contributed by atoms with E-state index in [0.717, 1.165) is 31.6 Å². The Morgan fingerprint density at radius 3 is 2.76 bits per heavy atom. The third-order valence-electron chi connectivity index (χ3n) is 2.89. The smallest absolute Gasteiger partial charge is 0.0743 e. The van der Waals surface area contributed by atoms with Gasteiger partial charge in [0.2, 0.25) is 0 Å². The summed E-state index contributed by atoms with van der Waals surface area (Å²) >= 11 is 0. The van der Waals surface area contributed by atoms with Crippen LogP contribution in [0.15, 0.2) is 6.07 Å². The first-order chi connectivity index (χ1) is 7.98. The first kappa shape index (κ1) is 14.2. The monoisotopic (exact) mass is 239 g/mol. The molecule has 1 unspecified atom stereocenters. The summed E-state index contributed by atoms with van der Waals surface area (Å²) in [6.07, 6.45) is 1.83. The lowest BCUT2D eigenvalue weighted by molar-refractivity contribution is 0.0496. The molecule has 0 saturated heterocycles. The van der Waals surface area contributed by atoms with Crippen molar-refractivity contribution in [3.05, 3.63) is 17.5 Å². The van der Waals surface area contributed by atoms with Crippen LogP contribution in [-0.2, 0) is 13.1 Å². The molecular formula is C13H25N3O. The lowest BCUT2D eigenvalue weighted by Gasteiger charge is -2.23. The molecule has 0 aliphatic carbocycles. The molecule has 1 rings (SSSR count). The number of rotatable bonds is 7. The second-order valence-corrected chi connectivity index (χ2v) is 4.94. The average molecular weight is 239 g/mol. The summed E-state index contributed by atoms with van der Waals surface area (Å²) in [5.41, 5.74) is 1.61. The van der Waals surface area contributed by atoms with Crippen molar-refractivity contribution in [3.8, 4) is 0 Å². The lowest BCUT2D eigenvalue weighted by Crippen LogP contribution is -2.37. The molecule has 1 atom stereocenters. The van der Waals surface area contributed by atoms with Crippen molar-refractivity contribution in [2.24, 2.45) is 0 Å². The maximum atomic E-state index is 10.0. The number of hydrogen-bond donors (Lipinski definition) is 2. The van der Waals surface area contributed by atoms with E-state index in [1.807, 2.05) is 18.5 Å². The van der Waals surface area contributed by atoms with Gasteiger partial charge in [-0.1, -0.05) is 13.3 Å². The second kappa shape index (κ2) is 6.17. The highest BCUT2D eigenvalue weighted by molar-refractivity contribution is 5.08. The van der Waals surface area contributed by atoms with Crippen molar-refractivity contribution >= 4 is 0 Å². The quantitative estimate of drug-likeness (QED) is 0.763. The Morgan fingerprint density at radius 2 is 2.18 bits per heavy atom. The molecule has 0 radical (unpaired) electrons. The number of hydrogen-bond acceptors (Lipinski definition) is 3. The molecule has 1 heterocycles. The van der Waals surface area contributed by atoms with E-state index in [0.29, 0.717) is 6.54 Å². The maximum absolute atomic E-state index is 10.0. The Bertz CT molecular complexity index is 344. The largest absolute Gasteiger partial charge is 0.389 e. The molecule has 2 N–H and O–H groups in total. The van der Waals surface area contributed by atoms with Gasteiger partial charge in [0.1, 0.15) is 0 Å². The fourth-order valence-corrected chi connectivity index (χ4v) is 2.10. The zero-order chi connectivity index (χ0) is 12.9. The molecule has 0 aromatic carbocycles. The van der Waals surface area contributed by atoms with Gasteiger partial charge in [0.15, 0.2) is 0 Å². The Kier molecular flexibility index (Phi) is 5.15. The van der Waals surface area contributed by atoms with Crippen molar-refractivity contribution in [2.45, 2.75) is 59.2 Å². The van der Waals surface area contributed by atoms with E-state index in [9.17, 15) is 5.11 Å². The molecule has 1 aromatic heterocycles. The molecule has 0 spiro atoms. The van der Waals surface area contributed by atoms with Gasteiger partial charge in [0.25, 0.3) is 0 Å². The van der Waals surface area contributed by atoms with Crippen LogP contribution in [0.2, 0.25) is 0 Å². The molecule has 4 heteroatoms. The van der Waals surface area contributed by atoms with E-state index in [1.54, 1.807) is 0 Å². The fraction of sp³-hybridized carbons (Fsp3) is 0.769. The van der Waals surface area contributed by atoms with Crippen LogP contribution in [0.3, 0.4) is 0 Å². The number of nitrogens with one attached hydrogen (secondary N) is 1. The molecule has 0 fully saturated rings. The van der Waals surface area contributed by atoms with Crippen LogP contribution in [0.25, 0.3) is 0 Å². The van der Waals surface area contributed by atoms with Crippen LogP contribution in [-0.4, -0.2) is 27.0 Å². The molecule has 4 nitrogen and oxygen atoms in total. The SMILES string of the molecule is CCCC(C)(O)CNCc1cc(C)nn1CC. The van der Waals surface area contributed by atoms with Gasteiger partial charge in [-0.05, 0) is 33.3 Å². The summed E-state index contributed by atoms with van der Waals surface area (Å²) in [5.74, 6) is 0. The van der Waals surface area contributed by atoms with Crippen LogP contribution in [0, 0.1) is 6.92 Å². The highest BCUT2D eigenvalue weighted by Crippen LogP contribution is 2.10. The predicted molar refractivity (Wildman–Crippen MR) is 69.9 cm³/mol. The van der Waals surface area contributed by atoms with Crippen LogP contribution in [0.4, 0.5) is 0 Å². The van der Waals surface area contributed by atoms with Gasteiger partial charge in [-0.25, -0.2) is 0 Å². The topological polar surface area (TPSA) is 50.1 Å². The molecule has 17 heavy (non-hydrogen) atoms. The van der Waals surface area contributed by atoms with E-state index in [4.69, 9.17) is 0 Å². The van der Waals surface area contributed by atoms with Gasteiger partial charge in [0, 0.05) is 19.6 Å². The number of aryl methyl sites for hydroxylation is 2. The van der Waals surface area contributed by atoms with Crippen LogP contribution in [0.1, 0.15) is 45.0 Å². The highest BCUT2D eigenvalue weighted by Gasteiger charge is 2.18. The van der Waals surface area contributed by atoms with Crippen molar-refractivity contribution in [3.63, 3.8) is 0 Å². The summed E-state index contributed by atoms with van der Waals surface area (Å²) in [6.45, 7) is 10.3. The second-order valence-electron chi connectivity index (χ2n) is 4.94. The highest BCUT2D eigenvalue weighted by atomic mass is 16.3. The minimum Gasteiger partial charge on any atom is -0.389 e. The average Bonchev–Trinajstić information content (AvgIpc) is 2.58. The van der Waals surface area contributed by atoms with E-state index < -0.39 is 5.60 Å². The molecule has 0 saturated carbocycles. The molecule has 0 bridgehead atoms. The summed E-state index contributed by atoms with van der Waals surface area (Å²) in [7, 11) is 0. The standard InChI is InChI=1S/C13H25N3O/c1-5-7-13(4,17)10-14-9-12-8-11(3)15-16(12)6-2/h8,14,17H,5-7,9-10H2,1-4H3. The maximum Gasteiger partial charge on any atom is 0.0743 e. The van der Waals surface area contributed by atoms with Crippen LogP contribution < -0.4 is 5.32 Å². The van der Waals surface area contributed by atoms with E-state index in [-0.39, 0.29) is 0 Å². The Labute approximate surface area is 104 Å². The minimum absolute atomic E-state index is 0.610. The van der Waals surface area contributed by atoms with E-state index in [1.165, 1.54) is 5.69 Å². The van der Waals surface area contributed by atoms with Gasteiger partial charge in [-0.2, -0.15) is 5.10 Å². The van der Waals surface area contributed by atoms with Crippen LogP contribution in [0.5, 0.6) is 0 Å². The summed E-state index contributed by atoms with van der Waals surface area (Å²) < 4.78 is 2.00. The summed E-state index contributed by atoms with van der Waals surface area (Å²) in [6, 6.07) is 2.09. The molecule has 0 aliphatic heterocycles. The third-order valence-corrected chi connectivity index (χ3v) is 2.89. The minimum atomic E-state index is -0.610. The Balaban J connectivity index is 2.45. The van der Waals surface area contributed by atoms with Gasteiger partial charge >= 0.3 is 0 Å². The number of nitrogens with zero attached hydrogens (tertiary/aromatic N) is 2. The van der Waals surface area contributed by atoms with Gasteiger partial charge in [-0.3, -0.25) is 4.68 Å². The van der Waals surface area contributed by atoms with Crippen LogP contribution >= 0.6 is 0 Å². The summed E-state index contributed by atoms with van der Waals surface area (Å²) in [4.78, 5) is 0. The van der Waals surface area contributed by atoms with Crippen molar-refractivity contribution < 1.29 is 5.11 Å². The lowest BCUT2D eigenvalue weighted by atomic mass is 10.0. The molecule has 0 amide bonds. The van der Waals surface area contributed by atoms with E-state index in [2.05, 4.69) is 30.3 Å². The number of aromatic nitrogens is 2. The van der Waals surface area contributed by atoms with Gasteiger partial charge < -0.3 is 10.4 Å². The predicted octanol–water partition coefficient (Wildman–Crippen LogP) is 1.85. The molecule has 98 valence electrons. The van der Waals surface area contributed by atoms with E-state index >= 15 is 0 Å².